The van der Waals surface area contributed by atoms with Crippen molar-refractivity contribution < 1.29 is 17.9 Å². The van der Waals surface area contributed by atoms with Gasteiger partial charge >= 0.3 is 0 Å². The largest absolute Gasteiger partial charge is 0.377 e. The minimum atomic E-state index is -3.66. The Morgan fingerprint density at radius 1 is 1.28 bits per heavy atom. The number of carbonyl (C=O) groups excluding carboxylic acids is 1. The number of ether oxygens (including phenoxy) is 1. The fourth-order valence-corrected chi connectivity index (χ4v) is 6.28. The van der Waals surface area contributed by atoms with Gasteiger partial charge in [-0.2, -0.15) is 9.30 Å². The SMILES string of the molecule is CCn1c(=NC(=O)c2ccc(S(=O)(=O)N(C)CC3CCCO3)cc2)sc2cc(Cl)ccc21. The Bertz CT molecular complexity index is 1310. The second-order valence-electron chi connectivity index (χ2n) is 7.60. The third-order valence-electron chi connectivity index (χ3n) is 5.45. The van der Waals surface area contributed by atoms with E-state index >= 15 is 0 Å². The lowest BCUT2D eigenvalue weighted by Gasteiger charge is -2.20. The van der Waals surface area contributed by atoms with Gasteiger partial charge in [0, 0.05) is 37.3 Å². The molecule has 1 fully saturated rings. The summed E-state index contributed by atoms with van der Waals surface area (Å²) in [6, 6.07) is 11.5. The summed E-state index contributed by atoms with van der Waals surface area (Å²) in [4.78, 5) is 17.8. The minimum absolute atomic E-state index is 0.0733. The van der Waals surface area contributed by atoms with Crippen LogP contribution >= 0.6 is 22.9 Å². The van der Waals surface area contributed by atoms with Gasteiger partial charge in [-0.15, -0.1) is 0 Å². The van der Waals surface area contributed by atoms with Crippen LogP contribution in [-0.4, -0.2) is 49.5 Å². The lowest BCUT2D eigenvalue weighted by Crippen LogP contribution is -2.34. The monoisotopic (exact) mass is 493 g/mol. The zero-order valence-electron chi connectivity index (χ0n) is 17.8. The van der Waals surface area contributed by atoms with Crippen LogP contribution in [-0.2, 0) is 21.3 Å². The van der Waals surface area contributed by atoms with Crippen LogP contribution in [0.25, 0.3) is 10.2 Å². The number of halogens is 1. The Morgan fingerprint density at radius 2 is 2.03 bits per heavy atom. The first-order chi connectivity index (χ1) is 15.3. The number of aryl methyl sites for hydroxylation is 1. The molecule has 1 atom stereocenters. The summed E-state index contributed by atoms with van der Waals surface area (Å²) in [5.41, 5.74) is 1.29. The number of hydrogen-bond acceptors (Lipinski definition) is 5. The van der Waals surface area contributed by atoms with Gasteiger partial charge < -0.3 is 9.30 Å². The molecule has 0 aliphatic carbocycles. The molecule has 32 heavy (non-hydrogen) atoms. The maximum atomic E-state index is 12.9. The van der Waals surface area contributed by atoms with Crippen LogP contribution in [0.15, 0.2) is 52.4 Å². The highest BCUT2D eigenvalue weighted by atomic mass is 35.5. The van der Waals surface area contributed by atoms with Crippen LogP contribution < -0.4 is 4.80 Å². The molecule has 10 heteroatoms. The minimum Gasteiger partial charge on any atom is -0.377 e. The molecular weight excluding hydrogens is 470 g/mol. The van der Waals surface area contributed by atoms with Crippen molar-refractivity contribution in [1.82, 2.24) is 8.87 Å². The summed E-state index contributed by atoms with van der Waals surface area (Å²) in [7, 11) is -2.12. The molecule has 4 rings (SSSR count). The number of nitrogens with zero attached hydrogens (tertiary/aromatic N) is 3. The number of amides is 1. The summed E-state index contributed by atoms with van der Waals surface area (Å²) in [5, 5.41) is 0.626. The summed E-state index contributed by atoms with van der Waals surface area (Å²) < 4.78 is 35.4. The third-order valence-corrected chi connectivity index (χ3v) is 8.57. The number of sulfonamides is 1. The number of hydrogen-bond donors (Lipinski definition) is 0. The molecule has 170 valence electrons. The van der Waals surface area contributed by atoms with Gasteiger partial charge in [-0.25, -0.2) is 8.42 Å². The predicted molar refractivity (Wildman–Crippen MR) is 126 cm³/mol. The molecule has 1 amide bonds. The van der Waals surface area contributed by atoms with Crippen LogP contribution in [0.2, 0.25) is 5.02 Å². The Labute approximate surface area is 196 Å². The second kappa shape index (κ2) is 9.44. The van der Waals surface area contributed by atoms with Crippen LogP contribution in [0, 0.1) is 0 Å². The predicted octanol–water partition coefficient (Wildman–Crippen LogP) is 3.92. The molecule has 1 unspecified atom stereocenters. The molecule has 2 heterocycles. The van der Waals surface area contributed by atoms with Crippen molar-refractivity contribution in [3.8, 4) is 0 Å². The highest BCUT2D eigenvalue weighted by molar-refractivity contribution is 7.89. The first-order valence-corrected chi connectivity index (χ1v) is 13.0. The smallest absolute Gasteiger partial charge is 0.279 e. The van der Waals surface area contributed by atoms with E-state index in [2.05, 4.69) is 4.99 Å². The number of thiazole rings is 1. The average Bonchev–Trinajstić information content (AvgIpc) is 3.40. The van der Waals surface area contributed by atoms with Gasteiger partial charge in [0.25, 0.3) is 5.91 Å². The first kappa shape index (κ1) is 23.1. The van der Waals surface area contributed by atoms with Gasteiger partial charge in [0.05, 0.1) is 21.2 Å². The van der Waals surface area contributed by atoms with E-state index in [9.17, 15) is 13.2 Å². The summed E-state index contributed by atoms with van der Waals surface area (Å²) in [6.45, 7) is 3.62. The van der Waals surface area contributed by atoms with E-state index in [1.54, 1.807) is 7.05 Å². The molecule has 0 N–H and O–H groups in total. The Morgan fingerprint density at radius 3 is 2.69 bits per heavy atom. The van der Waals surface area contributed by atoms with Crippen LogP contribution in [0.3, 0.4) is 0 Å². The van der Waals surface area contributed by atoms with E-state index in [-0.39, 0.29) is 11.0 Å². The fourth-order valence-electron chi connectivity index (χ4n) is 3.71. The molecule has 0 saturated carbocycles. The van der Waals surface area contributed by atoms with Crippen LogP contribution in [0.5, 0.6) is 0 Å². The molecule has 0 spiro atoms. The molecular formula is C22H24ClN3O4S2. The normalized spacial score (nSPS) is 17.5. The van der Waals surface area contributed by atoms with E-state index < -0.39 is 15.9 Å². The van der Waals surface area contributed by atoms with Gasteiger partial charge in [-0.1, -0.05) is 22.9 Å². The second-order valence-corrected chi connectivity index (χ2v) is 11.1. The van der Waals surface area contributed by atoms with Crippen molar-refractivity contribution in [3.05, 3.63) is 57.9 Å². The number of fused-ring (bicyclic) bond motifs is 1. The van der Waals surface area contributed by atoms with E-state index in [1.165, 1.54) is 39.9 Å². The number of aromatic nitrogens is 1. The maximum Gasteiger partial charge on any atom is 0.279 e. The van der Waals surface area contributed by atoms with Crippen molar-refractivity contribution in [2.75, 3.05) is 20.2 Å². The molecule has 0 bridgehead atoms. The van der Waals surface area contributed by atoms with Gasteiger partial charge in [0.2, 0.25) is 10.0 Å². The lowest BCUT2D eigenvalue weighted by atomic mass is 10.2. The molecule has 7 nitrogen and oxygen atoms in total. The van der Waals surface area contributed by atoms with Crippen molar-refractivity contribution in [2.24, 2.45) is 4.99 Å². The van der Waals surface area contributed by atoms with Gasteiger partial charge in [-0.3, -0.25) is 4.79 Å². The molecule has 1 saturated heterocycles. The van der Waals surface area contributed by atoms with E-state index in [0.29, 0.717) is 35.1 Å². The van der Waals surface area contributed by atoms with E-state index in [4.69, 9.17) is 16.3 Å². The van der Waals surface area contributed by atoms with Crippen molar-refractivity contribution >= 4 is 49.1 Å². The first-order valence-electron chi connectivity index (χ1n) is 10.4. The van der Waals surface area contributed by atoms with Crippen molar-refractivity contribution in [3.63, 3.8) is 0 Å². The highest BCUT2D eigenvalue weighted by Gasteiger charge is 2.26. The highest BCUT2D eigenvalue weighted by Crippen LogP contribution is 2.22. The Kier molecular flexibility index (Phi) is 6.83. The fraction of sp³-hybridized carbons (Fsp3) is 0.364. The zero-order valence-corrected chi connectivity index (χ0v) is 20.2. The third kappa shape index (κ3) is 4.67. The van der Waals surface area contributed by atoms with Crippen LogP contribution in [0.1, 0.15) is 30.1 Å². The Hall–Kier alpha value is -2.04. The number of benzene rings is 2. The van der Waals surface area contributed by atoms with Gasteiger partial charge in [0.1, 0.15) is 0 Å². The average molecular weight is 494 g/mol. The summed E-state index contributed by atoms with van der Waals surface area (Å²) in [5.74, 6) is -0.429. The van der Waals surface area contributed by atoms with Crippen LogP contribution in [0.4, 0.5) is 0 Å². The van der Waals surface area contributed by atoms with Gasteiger partial charge in [-0.05, 0) is 62.2 Å². The van der Waals surface area contributed by atoms with Crippen molar-refractivity contribution in [2.45, 2.75) is 37.3 Å². The quantitative estimate of drug-likeness (QED) is 0.521. The molecule has 2 aromatic carbocycles. The molecule has 1 aliphatic rings. The number of likely N-dealkylation sites (N-methyl/N-ethyl adjacent to an activating group) is 1. The Balaban J connectivity index is 1.58. The molecule has 0 radical (unpaired) electrons. The zero-order chi connectivity index (χ0) is 22.9. The molecule has 1 aromatic heterocycles. The van der Waals surface area contributed by atoms with Crippen molar-refractivity contribution in [1.29, 1.82) is 0 Å². The van der Waals surface area contributed by atoms with E-state index in [1.807, 2.05) is 29.7 Å². The standard InChI is InChI=1S/C22H24ClN3O4S2/c1-3-26-19-11-8-16(23)13-20(19)31-22(26)24-21(27)15-6-9-18(10-7-15)32(28,29)25(2)14-17-5-4-12-30-17/h6-11,13,17H,3-5,12,14H2,1-2H3. The molecule has 3 aromatic rings. The lowest BCUT2D eigenvalue weighted by molar-refractivity contribution is 0.0979. The maximum absolute atomic E-state index is 12.9. The molecule has 1 aliphatic heterocycles. The summed E-state index contributed by atoms with van der Waals surface area (Å²) in [6.07, 6.45) is 1.73. The summed E-state index contributed by atoms with van der Waals surface area (Å²) >= 11 is 7.48. The number of carbonyl (C=O) groups is 1. The van der Waals surface area contributed by atoms with E-state index in [0.717, 1.165) is 23.1 Å². The number of rotatable bonds is 6. The van der Waals surface area contributed by atoms with Gasteiger partial charge in [0.15, 0.2) is 4.80 Å². The topological polar surface area (TPSA) is 81.0 Å².